The number of thiophene rings is 1. The average molecular weight is 199 g/mol. The van der Waals surface area contributed by atoms with Crippen LogP contribution < -0.4 is 0 Å². The van der Waals surface area contributed by atoms with Crippen molar-refractivity contribution in [2.45, 2.75) is 6.92 Å². The number of hydrogen-bond donors (Lipinski definition) is 1. The Morgan fingerprint density at radius 1 is 1.69 bits per heavy atom. The minimum absolute atomic E-state index is 0.00661. The number of nitrogens with zero attached hydrogens (tertiary/aromatic N) is 1. The fraction of sp³-hybridized carbons (Fsp3) is 0.444. The smallest absolute Gasteiger partial charge is 0.264 e. The van der Waals surface area contributed by atoms with Crippen LogP contribution in [0.25, 0.3) is 0 Å². The van der Waals surface area contributed by atoms with Crippen molar-refractivity contribution in [1.82, 2.24) is 4.90 Å². The molecule has 0 saturated heterocycles. The molecular formula is C9H13NO2S. The van der Waals surface area contributed by atoms with E-state index in [1.165, 1.54) is 16.2 Å². The number of rotatable bonds is 3. The van der Waals surface area contributed by atoms with Crippen LogP contribution in [0.15, 0.2) is 11.4 Å². The van der Waals surface area contributed by atoms with Crippen LogP contribution in [-0.2, 0) is 0 Å². The molecule has 0 aromatic carbocycles. The topological polar surface area (TPSA) is 40.5 Å². The molecule has 1 heterocycles. The summed E-state index contributed by atoms with van der Waals surface area (Å²) >= 11 is 1.44. The van der Waals surface area contributed by atoms with Crippen molar-refractivity contribution in [3.63, 3.8) is 0 Å². The highest BCUT2D eigenvalue weighted by Gasteiger charge is 2.14. The molecule has 1 aromatic rings. The first kappa shape index (κ1) is 10.2. The lowest BCUT2D eigenvalue weighted by atomic mass is 10.3. The maximum atomic E-state index is 11.6. The van der Waals surface area contributed by atoms with E-state index >= 15 is 0 Å². The Balaban J connectivity index is 2.73. The fourth-order valence-electron chi connectivity index (χ4n) is 1.02. The van der Waals surface area contributed by atoms with Gasteiger partial charge in [0.25, 0.3) is 5.91 Å². The molecule has 0 fully saturated rings. The number of carbonyl (C=O) groups excluding carboxylic acids is 1. The predicted octanol–water partition coefficient (Wildman–Crippen LogP) is 1.12. The molecule has 0 unspecified atom stereocenters. The summed E-state index contributed by atoms with van der Waals surface area (Å²) in [5, 5.41) is 10.6. The van der Waals surface area contributed by atoms with Gasteiger partial charge in [-0.25, -0.2) is 0 Å². The standard InChI is InChI=1S/C9H13NO2S/c1-7-3-6-13-8(7)9(12)10(2)4-5-11/h3,6,11H,4-5H2,1-2H3. The molecule has 0 atom stereocenters. The van der Waals surface area contributed by atoms with Gasteiger partial charge in [0.05, 0.1) is 11.5 Å². The summed E-state index contributed by atoms with van der Waals surface area (Å²) < 4.78 is 0. The van der Waals surface area contributed by atoms with E-state index in [-0.39, 0.29) is 12.5 Å². The molecule has 4 heteroatoms. The number of aliphatic hydroxyl groups is 1. The number of amides is 1. The van der Waals surface area contributed by atoms with Crippen LogP contribution in [0, 0.1) is 6.92 Å². The Kier molecular flexibility index (Phi) is 3.45. The van der Waals surface area contributed by atoms with Gasteiger partial charge in [0, 0.05) is 13.6 Å². The number of aliphatic hydroxyl groups excluding tert-OH is 1. The Labute approximate surface area is 81.6 Å². The predicted molar refractivity (Wildman–Crippen MR) is 53.1 cm³/mol. The lowest BCUT2D eigenvalue weighted by Crippen LogP contribution is -2.29. The summed E-state index contributed by atoms with van der Waals surface area (Å²) in [5.41, 5.74) is 1.000. The quantitative estimate of drug-likeness (QED) is 0.792. The van der Waals surface area contributed by atoms with Gasteiger partial charge in [-0.2, -0.15) is 0 Å². The van der Waals surface area contributed by atoms with E-state index in [0.29, 0.717) is 6.54 Å². The van der Waals surface area contributed by atoms with Crippen LogP contribution in [0.2, 0.25) is 0 Å². The molecule has 13 heavy (non-hydrogen) atoms. The molecule has 0 aliphatic heterocycles. The third-order valence-corrected chi connectivity index (χ3v) is 2.84. The summed E-state index contributed by atoms with van der Waals surface area (Å²) in [5.74, 6) is -0.0125. The second-order valence-corrected chi connectivity index (χ2v) is 3.80. The molecule has 1 aromatic heterocycles. The van der Waals surface area contributed by atoms with Crippen LogP contribution in [0.5, 0.6) is 0 Å². The van der Waals surface area contributed by atoms with Gasteiger partial charge in [-0.15, -0.1) is 11.3 Å². The highest BCUT2D eigenvalue weighted by molar-refractivity contribution is 7.12. The minimum Gasteiger partial charge on any atom is -0.395 e. The van der Waals surface area contributed by atoms with Crippen LogP contribution >= 0.6 is 11.3 Å². The molecule has 1 rings (SSSR count). The highest BCUT2D eigenvalue weighted by atomic mass is 32.1. The van der Waals surface area contributed by atoms with Crippen molar-refractivity contribution in [1.29, 1.82) is 0 Å². The first-order valence-corrected chi connectivity index (χ1v) is 4.95. The lowest BCUT2D eigenvalue weighted by Gasteiger charge is -2.14. The monoisotopic (exact) mass is 199 g/mol. The molecule has 0 saturated carbocycles. The Bertz CT molecular complexity index is 296. The van der Waals surface area contributed by atoms with E-state index in [1.54, 1.807) is 7.05 Å². The molecule has 72 valence electrons. The highest BCUT2D eigenvalue weighted by Crippen LogP contribution is 2.16. The fourth-order valence-corrected chi connectivity index (χ4v) is 1.94. The normalized spacial score (nSPS) is 10.1. The number of aryl methyl sites for hydroxylation is 1. The van der Waals surface area contributed by atoms with Crippen molar-refractivity contribution >= 4 is 17.2 Å². The Morgan fingerprint density at radius 3 is 2.85 bits per heavy atom. The summed E-state index contributed by atoms with van der Waals surface area (Å²) in [6, 6.07) is 1.92. The molecule has 1 amide bonds. The molecule has 3 nitrogen and oxygen atoms in total. The summed E-state index contributed by atoms with van der Waals surface area (Å²) in [6.07, 6.45) is 0. The van der Waals surface area contributed by atoms with Crippen LogP contribution in [-0.4, -0.2) is 36.1 Å². The first-order chi connectivity index (χ1) is 6.16. The van der Waals surface area contributed by atoms with E-state index in [4.69, 9.17) is 5.11 Å². The Hall–Kier alpha value is -0.870. The Morgan fingerprint density at radius 2 is 2.38 bits per heavy atom. The second-order valence-electron chi connectivity index (χ2n) is 2.88. The maximum absolute atomic E-state index is 11.6. The van der Waals surface area contributed by atoms with Gasteiger partial charge in [-0.1, -0.05) is 0 Å². The van der Waals surface area contributed by atoms with E-state index in [9.17, 15) is 4.79 Å². The summed E-state index contributed by atoms with van der Waals surface area (Å²) in [6.45, 7) is 2.30. The summed E-state index contributed by atoms with van der Waals surface area (Å²) in [7, 11) is 1.69. The molecule has 0 spiro atoms. The van der Waals surface area contributed by atoms with Gasteiger partial charge in [-0.05, 0) is 23.9 Å². The largest absolute Gasteiger partial charge is 0.395 e. The van der Waals surface area contributed by atoms with Crippen molar-refractivity contribution < 1.29 is 9.90 Å². The average Bonchev–Trinajstić information content (AvgIpc) is 2.50. The van der Waals surface area contributed by atoms with Gasteiger partial charge < -0.3 is 10.0 Å². The zero-order valence-electron chi connectivity index (χ0n) is 7.78. The van der Waals surface area contributed by atoms with Crippen molar-refractivity contribution in [3.05, 3.63) is 21.9 Å². The van der Waals surface area contributed by atoms with E-state index in [1.807, 2.05) is 18.4 Å². The van der Waals surface area contributed by atoms with E-state index < -0.39 is 0 Å². The zero-order valence-corrected chi connectivity index (χ0v) is 8.60. The van der Waals surface area contributed by atoms with Crippen LogP contribution in [0.3, 0.4) is 0 Å². The van der Waals surface area contributed by atoms with Crippen molar-refractivity contribution in [3.8, 4) is 0 Å². The van der Waals surface area contributed by atoms with Gasteiger partial charge in [0.1, 0.15) is 0 Å². The molecule has 0 aliphatic carbocycles. The van der Waals surface area contributed by atoms with Crippen molar-refractivity contribution in [2.75, 3.05) is 20.2 Å². The third kappa shape index (κ3) is 2.29. The zero-order chi connectivity index (χ0) is 9.84. The number of carbonyl (C=O) groups is 1. The van der Waals surface area contributed by atoms with Gasteiger partial charge >= 0.3 is 0 Å². The van der Waals surface area contributed by atoms with Crippen LogP contribution in [0.4, 0.5) is 0 Å². The second kappa shape index (κ2) is 4.39. The number of likely N-dealkylation sites (N-methyl/N-ethyl adjacent to an activating group) is 1. The van der Waals surface area contributed by atoms with Gasteiger partial charge in [-0.3, -0.25) is 4.79 Å². The van der Waals surface area contributed by atoms with Crippen molar-refractivity contribution in [2.24, 2.45) is 0 Å². The third-order valence-electron chi connectivity index (χ3n) is 1.84. The molecular weight excluding hydrogens is 186 g/mol. The maximum Gasteiger partial charge on any atom is 0.264 e. The molecule has 1 N–H and O–H groups in total. The molecule has 0 bridgehead atoms. The minimum atomic E-state index is -0.0125. The van der Waals surface area contributed by atoms with Gasteiger partial charge in [0.2, 0.25) is 0 Å². The molecule has 0 radical (unpaired) electrons. The molecule has 0 aliphatic rings. The SMILES string of the molecule is Cc1ccsc1C(=O)N(C)CCO. The lowest BCUT2D eigenvalue weighted by molar-refractivity contribution is 0.0771. The first-order valence-electron chi connectivity index (χ1n) is 4.07. The van der Waals surface area contributed by atoms with Gasteiger partial charge in [0.15, 0.2) is 0 Å². The van der Waals surface area contributed by atoms with E-state index in [2.05, 4.69) is 0 Å². The van der Waals surface area contributed by atoms with Crippen LogP contribution in [0.1, 0.15) is 15.2 Å². The summed E-state index contributed by atoms with van der Waals surface area (Å²) in [4.78, 5) is 13.9. The van der Waals surface area contributed by atoms with E-state index in [0.717, 1.165) is 10.4 Å². The number of hydrogen-bond acceptors (Lipinski definition) is 3.